The first-order valence-electron chi connectivity index (χ1n) is 8.43. The van der Waals surface area contributed by atoms with E-state index in [4.69, 9.17) is 9.15 Å². The van der Waals surface area contributed by atoms with Crippen LogP contribution in [0.5, 0.6) is 5.75 Å². The second kappa shape index (κ2) is 6.62. The number of fused-ring (bicyclic) bond motifs is 1. The molecular weight excluding hydrogens is 336 g/mol. The molecule has 0 aromatic carbocycles. The van der Waals surface area contributed by atoms with Crippen LogP contribution in [0.2, 0.25) is 0 Å². The Labute approximate surface area is 149 Å². The molecule has 1 fully saturated rings. The third-order valence-corrected chi connectivity index (χ3v) is 4.64. The van der Waals surface area contributed by atoms with Crippen molar-refractivity contribution < 1.29 is 13.9 Å². The van der Waals surface area contributed by atoms with Crippen molar-refractivity contribution in [3.63, 3.8) is 0 Å². The molecule has 1 atom stereocenters. The summed E-state index contributed by atoms with van der Waals surface area (Å²) in [7, 11) is 1.38. The van der Waals surface area contributed by atoms with Gasteiger partial charge in [0.2, 0.25) is 11.2 Å². The van der Waals surface area contributed by atoms with Gasteiger partial charge in [-0.15, -0.1) is 10.2 Å². The smallest absolute Gasteiger partial charge is 0.289 e. The van der Waals surface area contributed by atoms with Gasteiger partial charge in [-0.2, -0.15) is 0 Å². The highest BCUT2D eigenvalue weighted by Gasteiger charge is 2.29. The van der Waals surface area contributed by atoms with Crippen LogP contribution < -0.4 is 10.2 Å². The lowest BCUT2D eigenvalue weighted by molar-refractivity contribution is 0.0668. The zero-order chi connectivity index (χ0) is 18.1. The van der Waals surface area contributed by atoms with Crippen molar-refractivity contribution >= 4 is 11.6 Å². The fraction of sp³-hybridized carbons (Fsp3) is 0.333. The van der Waals surface area contributed by atoms with Gasteiger partial charge >= 0.3 is 0 Å². The highest BCUT2D eigenvalue weighted by atomic mass is 16.5. The van der Waals surface area contributed by atoms with E-state index in [1.807, 2.05) is 28.8 Å². The molecule has 134 valence electrons. The molecule has 0 aliphatic carbocycles. The Morgan fingerprint density at radius 1 is 1.35 bits per heavy atom. The van der Waals surface area contributed by atoms with Crippen LogP contribution in [0.25, 0.3) is 5.65 Å². The Morgan fingerprint density at radius 3 is 3.04 bits per heavy atom. The number of rotatable bonds is 3. The van der Waals surface area contributed by atoms with Crippen molar-refractivity contribution in [3.05, 3.63) is 58.5 Å². The minimum absolute atomic E-state index is 0.0163. The Balaban J connectivity index is 1.57. The van der Waals surface area contributed by atoms with Gasteiger partial charge in [0.05, 0.1) is 7.11 Å². The molecule has 1 unspecified atom stereocenters. The molecule has 3 aromatic heterocycles. The van der Waals surface area contributed by atoms with Crippen LogP contribution in [-0.4, -0.2) is 45.6 Å². The predicted octanol–water partition coefficient (Wildman–Crippen LogP) is 1.71. The molecule has 8 heteroatoms. The molecule has 26 heavy (non-hydrogen) atoms. The van der Waals surface area contributed by atoms with Crippen LogP contribution in [-0.2, 0) is 0 Å². The normalized spacial score (nSPS) is 17.4. The van der Waals surface area contributed by atoms with Crippen molar-refractivity contribution in [2.45, 2.75) is 18.8 Å². The van der Waals surface area contributed by atoms with Gasteiger partial charge in [0.25, 0.3) is 5.91 Å². The number of hydrogen-bond acceptors (Lipinski definition) is 6. The topological polar surface area (TPSA) is 89.9 Å². The minimum Gasteiger partial charge on any atom is -0.490 e. The van der Waals surface area contributed by atoms with Crippen molar-refractivity contribution in [1.82, 2.24) is 19.5 Å². The molecule has 0 N–H and O–H groups in total. The fourth-order valence-electron chi connectivity index (χ4n) is 3.33. The van der Waals surface area contributed by atoms with Gasteiger partial charge in [-0.05, 0) is 25.0 Å². The van der Waals surface area contributed by atoms with E-state index in [0.717, 1.165) is 24.3 Å². The first-order valence-corrected chi connectivity index (χ1v) is 8.43. The van der Waals surface area contributed by atoms with Crippen molar-refractivity contribution in [2.75, 3.05) is 20.2 Å². The predicted molar refractivity (Wildman–Crippen MR) is 92.4 cm³/mol. The van der Waals surface area contributed by atoms with Crippen LogP contribution in [0.3, 0.4) is 0 Å². The summed E-state index contributed by atoms with van der Waals surface area (Å²) in [4.78, 5) is 26.3. The maximum absolute atomic E-state index is 12.7. The lowest BCUT2D eigenvalue weighted by Crippen LogP contribution is -2.39. The standard InChI is InChI=1S/C18H18N4O4/c1-25-15-11-26-14(9-13(15)23)18(24)21-7-4-5-12(10-21)17-20-19-16-6-2-3-8-22(16)17/h2-3,6,8-9,11-12H,4-5,7,10H2,1H3. The zero-order valence-electron chi connectivity index (χ0n) is 14.3. The summed E-state index contributed by atoms with van der Waals surface area (Å²) in [6.45, 7) is 1.12. The summed E-state index contributed by atoms with van der Waals surface area (Å²) in [5.74, 6) is 0.711. The van der Waals surface area contributed by atoms with Crippen LogP contribution in [0.1, 0.15) is 35.1 Å². The summed E-state index contributed by atoms with van der Waals surface area (Å²) in [5, 5.41) is 8.50. The van der Waals surface area contributed by atoms with E-state index in [2.05, 4.69) is 10.2 Å². The number of hydrogen-bond donors (Lipinski definition) is 0. The summed E-state index contributed by atoms with van der Waals surface area (Å²) in [6.07, 6.45) is 4.86. The molecule has 4 rings (SSSR count). The Hall–Kier alpha value is -3.16. The van der Waals surface area contributed by atoms with E-state index >= 15 is 0 Å². The summed E-state index contributed by atoms with van der Waals surface area (Å²) >= 11 is 0. The number of carbonyl (C=O) groups is 1. The highest BCUT2D eigenvalue weighted by molar-refractivity contribution is 5.91. The van der Waals surface area contributed by atoms with Crippen molar-refractivity contribution in [3.8, 4) is 5.75 Å². The number of carbonyl (C=O) groups excluding carboxylic acids is 1. The Morgan fingerprint density at radius 2 is 2.23 bits per heavy atom. The summed E-state index contributed by atoms with van der Waals surface area (Å²) in [5.41, 5.74) is 0.409. The SMILES string of the molecule is COc1coc(C(=O)N2CCCC(c3nnc4ccccn34)C2)cc1=O. The minimum atomic E-state index is -0.376. The molecule has 0 spiro atoms. The van der Waals surface area contributed by atoms with Gasteiger partial charge in [-0.1, -0.05) is 6.07 Å². The number of aromatic nitrogens is 3. The van der Waals surface area contributed by atoms with Crippen LogP contribution >= 0.6 is 0 Å². The number of likely N-dealkylation sites (tertiary alicyclic amines) is 1. The molecule has 1 aliphatic rings. The third-order valence-electron chi connectivity index (χ3n) is 4.64. The number of amides is 1. The molecule has 4 heterocycles. The molecule has 1 aliphatic heterocycles. The number of methoxy groups -OCH3 is 1. The van der Waals surface area contributed by atoms with E-state index < -0.39 is 0 Å². The maximum atomic E-state index is 12.7. The van der Waals surface area contributed by atoms with Gasteiger partial charge < -0.3 is 14.1 Å². The lowest BCUT2D eigenvalue weighted by atomic mass is 9.97. The number of nitrogens with zero attached hydrogens (tertiary/aromatic N) is 4. The second-order valence-corrected chi connectivity index (χ2v) is 6.25. The first-order chi connectivity index (χ1) is 12.7. The van der Waals surface area contributed by atoms with Crippen molar-refractivity contribution in [1.29, 1.82) is 0 Å². The molecule has 0 bridgehead atoms. The highest BCUT2D eigenvalue weighted by Crippen LogP contribution is 2.27. The van der Waals surface area contributed by atoms with Crippen LogP contribution in [0.15, 0.2) is 45.9 Å². The van der Waals surface area contributed by atoms with Gasteiger partial charge in [0, 0.05) is 31.3 Å². The Kier molecular flexibility index (Phi) is 4.16. The second-order valence-electron chi connectivity index (χ2n) is 6.25. The summed E-state index contributed by atoms with van der Waals surface area (Å²) in [6, 6.07) is 6.92. The average Bonchev–Trinajstić information content (AvgIpc) is 3.11. The maximum Gasteiger partial charge on any atom is 0.289 e. The van der Waals surface area contributed by atoms with E-state index in [-0.39, 0.29) is 28.8 Å². The largest absolute Gasteiger partial charge is 0.490 e. The third kappa shape index (κ3) is 2.83. The van der Waals surface area contributed by atoms with E-state index in [9.17, 15) is 9.59 Å². The van der Waals surface area contributed by atoms with Gasteiger partial charge in [0.15, 0.2) is 11.4 Å². The summed E-state index contributed by atoms with van der Waals surface area (Å²) < 4.78 is 12.1. The molecule has 3 aromatic rings. The quantitative estimate of drug-likeness (QED) is 0.711. The molecular formula is C18H18N4O4. The van der Waals surface area contributed by atoms with Gasteiger partial charge in [0.1, 0.15) is 12.1 Å². The number of pyridine rings is 1. The van der Waals surface area contributed by atoms with Crippen LogP contribution in [0.4, 0.5) is 0 Å². The molecule has 1 saturated heterocycles. The molecule has 0 saturated carbocycles. The number of piperidine rings is 1. The molecule has 1 amide bonds. The lowest BCUT2D eigenvalue weighted by Gasteiger charge is -2.31. The van der Waals surface area contributed by atoms with Crippen molar-refractivity contribution in [2.24, 2.45) is 0 Å². The van der Waals surface area contributed by atoms with Gasteiger partial charge in [-0.25, -0.2) is 0 Å². The Bertz CT molecular complexity index is 1010. The molecule has 0 radical (unpaired) electrons. The van der Waals surface area contributed by atoms with Crippen LogP contribution in [0, 0.1) is 0 Å². The monoisotopic (exact) mass is 354 g/mol. The van der Waals surface area contributed by atoms with E-state index in [1.54, 1.807) is 4.90 Å². The zero-order valence-corrected chi connectivity index (χ0v) is 14.3. The van der Waals surface area contributed by atoms with Gasteiger partial charge in [-0.3, -0.25) is 14.0 Å². The average molecular weight is 354 g/mol. The molecule has 8 nitrogen and oxygen atoms in total. The number of ether oxygens (including phenoxy) is 1. The fourth-order valence-corrected chi connectivity index (χ4v) is 3.33. The van der Waals surface area contributed by atoms with E-state index in [0.29, 0.717) is 13.1 Å². The first kappa shape index (κ1) is 16.3. The van der Waals surface area contributed by atoms with E-state index in [1.165, 1.54) is 19.4 Å².